The minimum absolute atomic E-state index is 0.562. The number of fused-ring (bicyclic) bond motifs is 1. The van der Waals surface area contributed by atoms with Crippen molar-refractivity contribution < 1.29 is 4.74 Å². The van der Waals surface area contributed by atoms with Crippen molar-refractivity contribution in [1.29, 1.82) is 0 Å². The molecule has 0 fully saturated rings. The predicted molar refractivity (Wildman–Crippen MR) is 79.2 cm³/mol. The highest BCUT2D eigenvalue weighted by atomic mass is 16.5. The quantitative estimate of drug-likeness (QED) is 0.790. The number of hydrogen-bond acceptors (Lipinski definition) is 3. The number of hydrogen-bond donors (Lipinski definition) is 1. The predicted octanol–water partition coefficient (Wildman–Crippen LogP) is 2.94. The number of pyridine rings is 1. The number of nitrogens with two attached hydrogens (primary N) is 1. The Morgan fingerprint density at radius 1 is 1.15 bits per heavy atom. The average Bonchev–Trinajstić information content (AvgIpc) is 2.80. The van der Waals surface area contributed by atoms with Gasteiger partial charge in [0.15, 0.2) is 0 Å². The van der Waals surface area contributed by atoms with Crippen molar-refractivity contribution in [3.05, 3.63) is 59.9 Å². The first-order valence-corrected chi connectivity index (χ1v) is 6.68. The normalized spacial score (nSPS) is 10.9. The second kappa shape index (κ2) is 5.35. The summed E-state index contributed by atoms with van der Waals surface area (Å²) in [5, 5.41) is 0. The van der Waals surface area contributed by atoms with Gasteiger partial charge in [0.05, 0.1) is 5.69 Å². The summed E-state index contributed by atoms with van der Waals surface area (Å²) in [6.45, 7) is 2.61. The molecule has 2 aromatic heterocycles. The molecule has 0 saturated carbocycles. The van der Waals surface area contributed by atoms with Crippen molar-refractivity contribution in [1.82, 2.24) is 9.38 Å². The highest BCUT2D eigenvalue weighted by Gasteiger charge is 2.13. The molecular weight excluding hydrogens is 250 g/mol. The molecule has 0 amide bonds. The van der Waals surface area contributed by atoms with Crippen molar-refractivity contribution in [3.63, 3.8) is 0 Å². The van der Waals surface area contributed by atoms with Gasteiger partial charge in [0.1, 0.15) is 11.4 Å². The van der Waals surface area contributed by atoms with E-state index in [4.69, 9.17) is 10.5 Å². The van der Waals surface area contributed by atoms with Gasteiger partial charge in [-0.1, -0.05) is 23.8 Å². The maximum Gasteiger partial charge on any atom is 0.241 e. The lowest BCUT2D eigenvalue weighted by molar-refractivity contribution is 0.459. The maximum absolute atomic E-state index is 5.91. The summed E-state index contributed by atoms with van der Waals surface area (Å²) in [6, 6.07) is 13.8. The summed E-state index contributed by atoms with van der Waals surface area (Å²) < 4.78 is 7.94. The number of imidazole rings is 1. The Balaban J connectivity index is 2.01. The van der Waals surface area contributed by atoms with Gasteiger partial charge < -0.3 is 14.9 Å². The highest BCUT2D eigenvalue weighted by molar-refractivity contribution is 5.47. The number of aromatic nitrogens is 2. The summed E-state index contributed by atoms with van der Waals surface area (Å²) in [6.07, 6.45) is 2.71. The number of benzene rings is 1. The van der Waals surface area contributed by atoms with E-state index in [1.54, 1.807) is 0 Å². The lowest BCUT2D eigenvalue weighted by Gasteiger charge is -2.06. The van der Waals surface area contributed by atoms with E-state index in [1.165, 1.54) is 5.56 Å². The molecule has 2 N–H and O–H groups in total. The van der Waals surface area contributed by atoms with E-state index in [9.17, 15) is 0 Å². The Hall–Kier alpha value is -2.33. The van der Waals surface area contributed by atoms with Crippen LogP contribution in [0.4, 0.5) is 0 Å². The van der Waals surface area contributed by atoms with E-state index in [-0.39, 0.29) is 0 Å². The molecule has 2 heterocycles. The summed E-state index contributed by atoms with van der Waals surface area (Å²) >= 11 is 0. The molecule has 0 bridgehead atoms. The first-order chi connectivity index (χ1) is 9.78. The molecule has 0 atom stereocenters. The van der Waals surface area contributed by atoms with Crippen LogP contribution in [0.25, 0.3) is 5.65 Å². The molecule has 102 valence electrons. The molecule has 3 rings (SSSR count). The molecule has 3 aromatic rings. The van der Waals surface area contributed by atoms with Crippen LogP contribution in [-0.2, 0) is 6.42 Å². The fourth-order valence-corrected chi connectivity index (χ4v) is 2.19. The second-order valence-corrected chi connectivity index (χ2v) is 4.75. The lowest BCUT2D eigenvalue weighted by atomic mass is 10.2. The van der Waals surface area contributed by atoms with E-state index in [2.05, 4.69) is 11.9 Å². The highest BCUT2D eigenvalue weighted by Crippen LogP contribution is 2.26. The summed E-state index contributed by atoms with van der Waals surface area (Å²) in [5.41, 5.74) is 8.78. The Morgan fingerprint density at radius 2 is 1.95 bits per heavy atom. The van der Waals surface area contributed by atoms with Gasteiger partial charge in [-0.05, 0) is 37.7 Å². The van der Waals surface area contributed by atoms with Crippen LogP contribution in [0.1, 0.15) is 11.3 Å². The molecule has 0 aliphatic heterocycles. The maximum atomic E-state index is 5.91. The molecule has 4 nitrogen and oxygen atoms in total. The Labute approximate surface area is 117 Å². The monoisotopic (exact) mass is 267 g/mol. The molecule has 0 aliphatic rings. The van der Waals surface area contributed by atoms with Gasteiger partial charge in [-0.2, -0.15) is 4.98 Å². The minimum atomic E-state index is 0.562. The van der Waals surface area contributed by atoms with E-state index in [0.717, 1.165) is 23.5 Å². The van der Waals surface area contributed by atoms with Crippen LogP contribution in [0.5, 0.6) is 11.6 Å². The molecule has 0 unspecified atom stereocenters. The van der Waals surface area contributed by atoms with Crippen LogP contribution in [0, 0.1) is 6.92 Å². The van der Waals surface area contributed by atoms with Crippen LogP contribution < -0.4 is 10.5 Å². The van der Waals surface area contributed by atoms with E-state index in [1.807, 2.05) is 53.1 Å². The zero-order valence-corrected chi connectivity index (χ0v) is 11.4. The topological polar surface area (TPSA) is 52.5 Å². The first kappa shape index (κ1) is 12.7. The SMILES string of the molecule is Cc1ccc(Oc2nc3ccccn3c2CCN)cc1. The fourth-order valence-electron chi connectivity index (χ4n) is 2.19. The standard InChI is InChI=1S/C16H17N3O/c1-12-5-7-13(8-6-12)20-16-14(9-10-17)19-11-3-2-4-15(19)18-16/h2-8,11H,9-10,17H2,1H3. The largest absolute Gasteiger partial charge is 0.437 e. The Kier molecular flexibility index (Phi) is 3.39. The Morgan fingerprint density at radius 3 is 2.70 bits per heavy atom. The summed E-state index contributed by atoms with van der Waals surface area (Å²) in [4.78, 5) is 4.53. The van der Waals surface area contributed by atoms with Crippen LogP contribution in [-0.4, -0.2) is 15.9 Å². The molecular formula is C16H17N3O. The van der Waals surface area contributed by atoms with Gasteiger partial charge in [0.25, 0.3) is 0 Å². The lowest BCUT2D eigenvalue weighted by Crippen LogP contribution is -2.06. The summed E-state index contributed by atoms with van der Waals surface area (Å²) in [5.74, 6) is 1.42. The molecule has 0 radical (unpaired) electrons. The van der Waals surface area contributed by atoms with Gasteiger partial charge in [-0.25, -0.2) is 0 Å². The summed E-state index contributed by atoms with van der Waals surface area (Å²) in [7, 11) is 0. The molecule has 0 aliphatic carbocycles. The van der Waals surface area contributed by atoms with Crippen molar-refractivity contribution in [2.75, 3.05) is 6.54 Å². The minimum Gasteiger partial charge on any atom is -0.437 e. The third-order valence-corrected chi connectivity index (χ3v) is 3.21. The molecule has 0 spiro atoms. The first-order valence-electron chi connectivity index (χ1n) is 6.68. The zero-order chi connectivity index (χ0) is 13.9. The third kappa shape index (κ3) is 2.38. The van der Waals surface area contributed by atoms with Crippen LogP contribution in [0.2, 0.25) is 0 Å². The van der Waals surface area contributed by atoms with Crippen molar-refractivity contribution in [2.45, 2.75) is 13.3 Å². The van der Waals surface area contributed by atoms with Crippen molar-refractivity contribution >= 4 is 5.65 Å². The molecule has 4 heteroatoms. The Bertz CT molecular complexity index is 716. The van der Waals surface area contributed by atoms with Gasteiger partial charge in [-0.15, -0.1) is 0 Å². The molecule has 1 aromatic carbocycles. The van der Waals surface area contributed by atoms with E-state index >= 15 is 0 Å². The van der Waals surface area contributed by atoms with Crippen LogP contribution in [0.15, 0.2) is 48.7 Å². The fraction of sp³-hybridized carbons (Fsp3) is 0.188. The van der Waals surface area contributed by atoms with E-state index < -0.39 is 0 Å². The van der Waals surface area contributed by atoms with Crippen molar-refractivity contribution in [3.8, 4) is 11.6 Å². The van der Waals surface area contributed by atoms with Crippen molar-refractivity contribution in [2.24, 2.45) is 5.73 Å². The van der Waals surface area contributed by atoms with Gasteiger partial charge in [0, 0.05) is 12.6 Å². The van der Waals surface area contributed by atoms with Gasteiger partial charge in [0.2, 0.25) is 5.88 Å². The number of aryl methyl sites for hydroxylation is 1. The number of ether oxygens (including phenoxy) is 1. The molecule has 0 saturated heterocycles. The van der Waals surface area contributed by atoms with Crippen LogP contribution in [0.3, 0.4) is 0 Å². The number of nitrogens with zero attached hydrogens (tertiary/aromatic N) is 2. The van der Waals surface area contributed by atoms with Gasteiger partial charge in [-0.3, -0.25) is 0 Å². The molecule has 20 heavy (non-hydrogen) atoms. The van der Waals surface area contributed by atoms with Crippen LogP contribution >= 0.6 is 0 Å². The van der Waals surface area contributed by atoms with Gasteiger partial charge >= 0.3 is 0 Å². The average molecular weight is 267 g/mol. The number of rotatable bonds is 4. The third-order valence-electron chi connectivity index (χ3n) is 3.21. The van der Waals surface area contributed by atoms with E-state index in [0.29, 0.717) is 12.4 Å². The second-order valence-electron chi connectivity index (χ2n) is 4.75. The smallest absolute Gasteiger partial charge is 0.241 e. The zero-order valence-electron chi connectivity index (χ0n) is 11.4.